The highest BCUT2D eigenvalue weighted by molar-refractivity contribution is 7.92. The number of aryl methyl sites for hydroxylation is 1. The fraction of sp³-hybridized carbons (Fsp3) is 0.500. The Morgan fingerprint density at radius 3 is 2.79 bits per heavy atom. The van der Waals surface area contributed by atoms with Gasteiger partial charge in [-0.3, -0.25) is 4.79 Å². The molecule has 5 heteroatoms. The minimum absolute atomic E-state index is 0.0719. The second-order valence-electron chi connectivity index (χ2n) is 5.10. The van der Waals surface area contributed by atoms with Crippen LogP contribution in [-0.4, -0.2) is 30.5 Å². The predicted molar refractivity (Wildman–Crippen MR) is 73.0 cm³/mol. The topological polar surface area (TPSA) is 71.4 Å². The minimum atomic E-state index is -3.60. The number of aliphatic carboxylic acids is 1. The molecule has 104 valence electrons. The summed E-state index contributed by atoms with van der Waals surface area (Å²) in [6.45, 7) is 1.24. The summed E-state index contributed by atoms with van der Waals surface area (Å²) >= 11 is 0. The van der Waals surface area contributed by atoms with Crippen LogP contribution in [0.25, 0.3) is 0 Å². The van der Waals surface area contributed by atoms with Crippen molar-refractivity contribution in [3.8, 4) is 0 Å². The van der Waals surface area contributed by atoms with Gasteiger partial charge in [-0.25, -0.2) is 8.42 Å². The Bertz CT molecular complexity index is 577. The molecule has 2 unspecified atom stereocenters. The maximum Gasteiger partial charge on any atom is 0.321 e. The molecular weight excluding hydrogens is 264 g/mol. The molecule has 19 heavy (non-hydrogen) atoms. The molecule has 0 saturated heterocycles. The van der Waals surface area contributed by atoms with Crippen molar-refractivity contribution in [1.29, 1.82) is 0 Å². The summed E-state index contributed by atoms with van der Waals surface area (Å²) < 4.78 is 24.1. The standard InChI is InChI=1S/C14H18O4S/c1-10(14(15)16)19(17,18)9-12-7-4-6-11-5-2-3-8-13(11)12/h2-3,5,8,10,12H,4,6-7,9H2,1H3,(H,15,16). The number of carbonyl (C=O) groups is 1. The molecule has 4 nitrogen and oxygen atoms in total. The molecule has 0 spiro atoms. The number of hydrogen-bond donors (Lipinski definition) is 1. The number of rotatable bonds is 4. The van der Waals surface area contributed by atoms with E-state index in [2.05, 4.69) is 0 Å². The minimum Gasteiger partial charge on any atom is -0.480 e. The van der Waals surface area contributed by atoms with Crippen molar-refractivity contribution in [2.75, 3.05) is 5.75 Å². The van der Waals surface area contributed by atoms with E-state index in [1.165, 1.54) is 12.5 Å². The smallest absolute Gasteiger partial charge is 0.321 e. The van der Waals surface area contributed by atoms with Crippen LogP contribution in [0.4, 0.5) is 0 Å². The van der Waals surface area contributed by atoms with Crippen molar-refractivity contribution in [3.63, 3.8) is 0 Å². The summed E-state index contributed by atoms with van der Waals surface area (Å²) in [5.41, 5.74) is 2.26. The zero-order valence-corrected chi connectivity index (χ0v) is 11.7. The van der Waals surface area contributed by atoms with Gasteiger partial charge < -0.3 is 5.11 Å². The summed E-state index contributed by atoms with van der Waals surface area (Å²) in [5, 5.41) is 7.53. The Morgan fingerprint density at radius 2 is 2.11 bits per heavy atom. The van der Waals surface area contributed by atoms with Crippen molar-refractivity contribution in [3.05, 3.63) is 35.4 Å². The summed E-state index contributed by atoms with van der Waals surface area (Å²) in [7, 11) is -3.60. The molecule has 2 atom stereocenters. The zero-order valence-electron chi connectivity index (χ0n) is 10.9. The van der Waals surface area contributed by atoms with Gasteiger partial charge in [0.15, 0.2) is 15.1 Å². The molecule has 1 aliphatic rings. The Balaban J connectivity index is 2.24. The second-order valence-corrected chi connectivity index (χ2v) is 7.46. The molecule has 1 aromatic carbocycles. The van der Waals surface area contributed by atoms with Gasteiger partial charge in [-0.2, -0.15) is 0 Å². The summed E-state index contributed by atoms with van der Waals surface area (Å²) in [6.07, 6.45) is 2.74. The van der Waals surface area contributed by atoms with Gasteiger partial charge in [0.2, 0.25) is 0 Å². The van der Waals surface area contributed by atoms with E-state index in [0.29, 0.717) is 0 Å². The molecule has 1 aromatic rings. The first-order valence-corrected chi connectivity index (χ1v) is 8.15. The lowest BCUT2D eigenvalue weighted by molar-refractivity contribution is -0.136. The van der Waals surface area contributed by atoms with E-state index < -0.39 is 21.1 Å². The molecule has 0 heterocycles. The first-order valence-electron chi connectivity index (χ1n) is 6.44. The lowest BCUT2D eigenvalue weighted by Crippen LogP contribution is -2.32. The number of carboxylic acid groups (broad SMARTS) is 1. The van der Waals surface area contributed by atoms with Crippen molar-refractivity contribution in [2.45, 2.75) is 37.4 Å². The molecule has 0 bridgehead atoms. The third-order valence-electron chi connectivity index (χ3n) is 3.81. The predicted octanol–water partition coefficient (Wildman–Crippen LogP) is 1.99. The third kappa shape index (κ3) is 2.97. The fourth-order valence-electron chi connectivity index (χ4n) is 2.61. The Hall–Kier alpha value is -1.36. The first-order chi connectivity index (χ1) is 8.92. The lowest BCUT2D eigenvalue weighted by Gasteiger charge is -2.25. The van der Waals surface area contributed by atoms with E-state index in [1.54, 1.807) is 0 Å². The summed E-state index contributed by atoms with van der Waals surface area (Å²) in [4.78, 5) is 10.9. The van der Waals surface area contributed by atoms with Crippen LogP contribution in [0.5, 0.6) is 0 Å². The molecule has 2 rings (SSSR count). The third-order valence-corrected chi connectivity index (χ3v) is 5.96. The van der Waals surface area contributed by atoms with Crippen LogP contribution in [0.1, 0.15) is 36.8 Å². The largest absolute Gasteiger partial charge is 0.480 e. The highest BCUT2D eigenvalue weighted by Crippen LogP contribution is 2.33. The maximum absolute atomic E-state index is 12.1. The summed E-state index contributed by atoms with van der Waals surface area (Å²) in [5.74, 6) is -1.42. The Kier molecular flexibility index (Phi) is 3.94. The van der Waals surface area contributed by atoms with E-state index in [9.17, 15) is 13.2 Å². The first kappa shape index (κ1) is 14.1. The van der Waals surface area contributed by atoms with Crippen molar-refractivity contribution < 1.29 is 18.3 Å². The fourth-order valence-corrected chi connectivity index (χ4v) is 4.11. The van der Waals surface area contributed by atoms with E-state index >= 15 is 0 Å². The number of benzene rings is 1. The maximum atomic E-state index is 12.1. The van der Waals surface area contributed by atoms with Gasteiger partial charge in [0.1, 0.15) is 0 Å². The second kappa shape index (κ2) is 5.33. The lowest BCUT2D eigenvalue weighted by atomic mass is 9.84. The average Bonchev–Trinajstić information content (AvgIpc) is 2.38. The summed E-state index contributed by atoms with van der Waals surface area (Å²) in [6, 6.07) is 7.84. The molecular formula is C14H18O4S. The Labute approximate surface area is 113 Å². The molecule has 0 saturated carbocycles. The Morgan fingerprint density at radius 1 is 1.42 bits per heavy atom. The quantitative estimate of drug-likeness (QED) is 0.916. The van der Waals surface area contributed by atoms with E-state index in [1.807, 2.05) is 24.3 Å². The van der Waals surface area contributed by atoms with Crippen molar-refractivity contribution in [1.82, 2.24) is 0 Å². The highest BCUT2D eigenvalue weighted by atomic mass is 32.2. The molecule has 0 fully saturated rings. The van der Waals surface area contributed by atoms with Crippen molar-refractivity contribution >= 4 is 15.8 Å². The van der Waals surface area contributed by atoms with Crippen LogP contribution < -0.4 is 0 Å². The van der Waals surface area contributed by atoms with Gasteiger partial charge in [-0.15, -0.1) is 0 Å². The normalized spacial score (nSPS) is 20.6. The SMILES string of the molecule is CC(C(=O)O)S(=O)(=O)CC1CCCc2ccccc21. The highest BCUT2D eigenvalue weighted by Gasteiger charge is 2.32. The number of carboxylic acids is 1. The van der Waals surface area contributed by atoms with Crippen LogP contribution in [-0.2, 0) is 21.1 Å². The van der Waals surface area contributed by atoms with Gasteiger partial charge in [-0.1, -0.05) is 24.3 Å². The number of fused-ring (bicyclic) bond motifs is 1. The van der Waals surface area contributed by atoms with Gasteiger partial charge >= 0.3 is 5.97 Å². The van der Waals surface area contributed by atoms with Crippen LogP contribution in [0, 0.1) is 0 Å². The van der Waals surface area contributed by atoms with E-state index in [0.717, 1.165) is 24.8 Å². The zero-order chi connectivity index (χ0) is 14.0. The van der Waals surface area contributed by atoms with Crippen LogP contribution in [0.2, 0.25) is 0 Å². The molecule has 1 aliphatic carbocycles. The van der Waals surface area contributed by atoms with Crippen LogP contribution in [0.3, 0.4) is 0 Å². The van der Waals surface area contributed by atoms with E-state index in [-0.39, 0.29) is 11.7 Å². The molecule has 0 amide bonds. The van der Waals surface area contributed by atoms with Gasteiger partial charge in [0, 0.05) is 0 Å². The molecule has 0 aliphatic heterocycles. The molecule has 1 N–H and O–H groups in total. The molecule has 0 aromatic heterocycles. The monoisotopic (exact) mass is 282 g/mol. The van der Waals surface area contributed by atoms with Gasteiger partial charge in [0.05, 0.1) is 5.75 Å². The molecule has 0 radical (unpaired) electrons. The average molecular weight is 282 g/mol. The van der Waals surface area contributed by atoms with Gasteiger partial charge in [0.25, 0.3) is 0 Å². The van der Waals surface area contributed by atoms with Gasteiger partial charge in [-0.05, 0) is 43.2 Å². The van der Waals surface area contributed by atoms with E-state index in [4.69, 9.17) is 5.11 Å². The number of hydrogen-bond acceptors (Lipinski definition) is 3. The van der Waals surface area contributed by atoms with Crippen LogP contribution >= 0.6 is 0 Å². The number of sulfone groups is 1. The van der Waals surface area contributed by atoms with Crippen molar-refractivity contribution in [2.24, 2.45) is 0 Å². The van der Waals surface area contributed by atoms with Crippen LogP contribution in [0.15, 0.2) is 24.3 Å².